The van der Waals surface area contributed by atoms with E-state index in [1.165, 1.54) is 17.2 Å². The quantitative estimate of drug-likeness (QED) is 0.789. The number of nitrogens with zero attached hydrogens (tertiary/aromatic N) is 5. The van der Waals surface area contributed by atoms with Crippen molar-refractivity contribution in [2.24, 2.45) is 0 Å². The molecule has 0 aromatic carbocycles. The molecule has 10 heteroatoms. The van der Waals surface area contributed by atoms with E-state index in [9.17, 15) is 9.59 Å². The number of esters is 1. The van der Waals surface area contributed by atoms with Gasteiger partial charge in [-0.05, 0) is 34.6 Å². The fourth-order valence-corrected chi connectivity index (χ4v) is 2.17. The highest BCUT2D eigenvalue weighted by atomic mass is 16.6. The molecule has 2 aromatic rings. The van der Waals surface area contributed by atoms with Crippen molar-refractivity contribution in [3.63, 3.8) is 0 Å². The van der Waals surface area contributed by atoms with Crippen molar-refractivity contribution >= 4 is 28.9 Å². The molecule has 0 saturated heterocycles. The average molecular weight is 374 g/mol. The third-order valence-electron chi connectivity index (χ3n) is 3.17. The molecule has 0 aliphatic carbocycles. The summed E-state index contributed by atoms with van der Waals surface area (Å²) in [4.78, 5) is 32.1. The molecule has 0 aliphatic rings. The molecule has 0 spiro atoms. The van der Waals surface area contributed by atoms with E-state index in [4.69, 9.17) is 14.7 Å². The number of carbonyl (C=O) groups excluding carboxylic acids is 2. The van der Waals surface area contributed by atoms with Crippen LogP contribution in [0.3, 0.4) is 0 Å². The lowest BCUT2D eigenvalue weighted by molar-refractivity contribution is -0.155. The standard InChI is InChI=1S/C17H22N6O4/c1-16(2,3)26-12(24)9-23-8-11-13(19-10-20-14(11)22-23)21-15(25)27-17(4,5)6-7-18/h8,10H,6,9H2,1-5H3,(H,19,20,21,22,25). The molecule has 2 rings (SSSR count). The third-order valence-corrected chi connectivity index (χ3v) is 3.17. The predicted octanol–water partition coefficient (Wildman–Crippen LogP) is 2.41. The Bertz CT molecular complexity index is 891. The van der Waals surface area contributed by atoms with Crippen LogP contribution in [0.25, 0.3) is 11.0 Å². The summed E-state index contributed by atoms with van der Waals surface area (Å²) in [5.41, 5.74) is -1.23. The molecule has 27 heavy (non-hydrogen) atoms. The van der Waals surface area contributed by atoms with Crippen LogP contribution in [0.4, 0.5) is 10.6 Å². The van der Waals surface area contributed by atoms with Gasteiger partial charge in [0.05, 0.1) is 17.9 Å². The summed E-state index contributed by atoms with van der Waals surface area (Å²) in [6.45, 7) is 8.48. The molecule has 0 aliphatic heterocycles. The number of fused-ring (bicyclic) bond motifs is 1. The summed E-state index contributed by atoms with van der Waals surface area (Å²) >= 11 is 0. The Labute approximate surface area is 156 Å². The largest absolute Gasteiger partial charge is 0.459 e. The number of hydrogen-bond donors (Lipinski definition) is 1. The SMILES string of the molecule is CC(C)(C)OC(=O)Cn1cc2c(NC(=O)OC(C)(C)CC#N)ncnc2n1. The van der Waals surface area contributed by atoms with E-state index in [-0.39, 0.29) is 18.8 Å². The maximum absolute atomic E-state index is 12.1. The molecule has 1 N–H and O–H groups in total. The summed E-state index contributed by atoms with van der Waals surface area (Å²) in [6.07, 6.45) is 2.07. The highest BCUT2D eigenvalue weighted by Crippen LogP contribution is 2.20. The van der Waals surface area contributed by atoms with Crippen LogP contribution in [-0.4, -0.2) is 43.0 Å². The first-order valence-corrected chi connectivity index (χ1v) is 8.26. The van der Waals surface area contributed by atoms with Gasteiger partial charge in [0.2, 0.25) is 0 Å². The number of anilines is 1. The second-order valence-electron chi connectivity index (χ2n) is 7.48. The van der Waals surface area contributed by atoms with E-state index in [2.05, 4.69) is 20.4 Å². The number of rotatable bonds is 5. The molecular formula is C17H22N6O4. The molecule has 0 saturated carbocycles. The van der Waals surface area contributed by atoms with Crippen LogP contribution in [0.5, 0.6) is 0 Å². The molecule has 144 valence electrons. The van der Waals surface area contributed by atoms with Crippen LogP contribution in [0.15, 0.2) is 12.5 Å². The zero-order chi connectivity index (χ0) is 20.2. The monoisotopic (exact) mass is 374 g/mol. The molecular weight excluding hydrogens is 352 g/mol. The number of ether oxygens (including phenoxy) is 2. The van der Waals surface area contributed by atoms with E-state index in [1.54, 1.807) is 34.6 Å². The van der Waals surface area contributed by atoms with Crippen LogP contribution in [0, 0.1) is 11.3 Å². The van der Waals surface area contributed by atoms with Crippen molar-refractivity contribution in [3.8, 4) is 6.07 Å². The van der Waals surface area contributed by atoms with Gasteiger partial charge in [-0.2, -0.15) is 10.4 Å². The number of hydrogen-bond acceptors (Lipinski definition) is 8. The van der Waals surface area contributed by atoms with Crippen molar-refractivity contribution in [2.45, 2.75) is 58.8 Å². The van der Waals surface area contributed by atoms with Crippen molar-refractivity contribution in [1.29, 1.82) is 5.26 Å². The Morgan fingerprint density at radius 1 is 1.22 bits per heavy atom. The minimum absolute atomic E-state index is 0.0490. The summed E-state index contributed by atoms with van der Waals surface area (Å²) in [5.74, 6) is -0.261. The molecule has 2 heterocycles. The Morgan fingerprint density at radius 2 is 1.93 bits per heavy atom. The first-order valence-electron chi connectivity index (χ1n) is 8.26. The van der Waals surface area contributed by atoms with Crippen molar-refractivity contribution in [3.05, 3.63) is 12.5 Å². The van der Waals surface area contributed by atoms with Gasteiger partial charge in [0, 0.05) is 6.20 Å². The maximum atomic E-state index is 12.1. The van der Waals surface area contributed by atoms with Crippen LogP contribution in [-0.2, 0) is 20.8 Å². The Balaban J connectivity index is 2.15. The average Bonchev–Trinajstić information content (AvgIpc) is 2.87. The van der Waals surface area contributed by atoms with Crippen LogP contribution in [0.2, 0.25) is 0 Å². The molecule has 0 unspecified atom stereocenters. The fourth-order valence-electron chi connectivity index (χ4n) is 2.17. The predicted molar refractivity (Wildman–Crippen MR) is 95.6 cm³/mol. The highest BCUT2D eigenvalue weighted by Gasteiger charge is 2.24. The summed E-state index contributed by atoms with van der Waals surface area (Å²) in [7, 11) is 0. The lowest BCUT2D eigenvalue weighted by Gasteiger charge is -2.21. The zero-order valence-electron chi connectivity index (χ0n) is 15.9. The van der Waals surface area contributed by atoms with Crippen molar-refractivity contribution in [1.82, 2.24) is 19.7 Å². The minimum Gasteiger partial charge on any atom is -0.459 e. The summed E-state index contributed by atoms with van der Waals surface area (Å²) in [6, 6.07) is 1.96. The highest BCUT2D eigenvalue weighted by molar-refractivity contribution is 5.95. The lowest BCUT2D eigenvalue weighted by atomic mass is 10.1. The number of nitriles is 1. The van der Waals surface area contributed by atoms with Gasteiger partial charge in [-0.3, -0.25) is 14.8 Å². The Morgan fingerprint density at radius 3 is 2.56 bits per heavy atom. The first kappa shape index (κ1) is 20.1. The number of amides is 1. The molecule has 0 fully saturated rings. The van der Waals surface area contributed by atoms with Gasteiger partial charge in [0.15, 0.2) is 5.65 Å². The van der Waals surface area contributed by atoms with Crippen LogP contribution in [0.1, 0.15) is 41.0 Å². The zero-order valence-corrected chi connectivity index (χ0v) is 15.9. The molecule has 0 bridgehead atoms. The second-order valence-corrected chi connectivity index (χ2v) is 7.48. The molecule has 0 radical (unpaired) electrons. The normalized spacial score (nSPS) is 11.7. The van der Waals surface area contributed by atoms with E-state index in [0.717, 1.165) is 0 Å². The fraction of sp³-hybridized carbons (Fsp3) is 0.529. The van der Waals surface area contributed by atoms with E-state index < -0.39 is 23.3 Å². The number of aromatic nitrogens is 4. The van der Waals surface area contributed by atoms with Gasteiger partial charge in [0.1, 0.15) is 29.9 Å². The molecule has 0 atom stereocenters. The molecule has 10 nitrogen and oxygen atoms in total. The summed E-state index contributed by atoms with van der Waals surface area (Å²) in [5, 5.41) is 15.9. The van der Waals surface area contributed by atoms with E-state index in [1.807, 2.05) is 6.07 Å². The van der Waals surface area contributed by atoms with Crippen LogP contribution >= 0.6 is 0 Å². The first-order chi connectivity index (χ1) is 12.5. The smallest absolute Gasteiger partial charge is 0.413 e. The van der Waals surface area contributed by atoms with Gasteiger partial charge in [-0.25, -0.2) is 14.8 Å². The van der Waals surface area contributed by atoms with Gasteiger partial charge in [0.25, 0.3) is 0 Å². The third kappa shape index (κ3) is 5.91. The number of carbonyl (C=O) groups is 2. The Kier molecular flexibility index (Phi) is 5.64. The molecule has 1 amide bonds. The topological polar surface area (TPSA) is 132 Å². The van der Waals surface area contributed by atoms with Crippen molar-refractivity contribution < 1.29 is 19.1 Å². The minimum atomic E-state index is -0.939. The van der Waals surface area contributed by atoms with Crippen molar-refractivity contribution in [2.75, 3.05) is 5.32 Å². The van der Waals surface area contributed by atoms with Gasteiger partial charge >= 0.3 is 12.1 Å². The van der Waals surface area contributed by atoms with E-state index in [0.29, 0.717) is 11.0 Å². The molecule has 2 aromatic heterocycles. The maximum Gasteiger partial charge on any atom is 0.413 e. The van der Waals surface area contributed by atoms with Gasteiger partial charge < -0.3 is 9.47 Å². The summed E-state index contributed by atoms with van der Waals surface area (Å²) < 4.78 is 11.8. The lowest BCUT2D eigenvalue weighted by Crippen LogP contribution is -2.30. The van der Waals surface area contributed by atoms with Gasteiger partial charge in [-0.15, -0.1) is 0 Å². The van der Waals surface area contributed by atoms with Gasteiger partial charge in [-0.1, -0.05) is 0 Å². The van der Waals surface area contributed by atoms with Crippen LogP contribution < -0.4 is 5.32 Å². The number of nitrogens with one attached hydrogen (secondary N) is 1. The van der Waals surface area contributed by atoms with E-state index >= 15 is 0 Å². The Hall–Kier alpha value is -3.22. The second kappa shape index (κ2) is 7.57.